The highest BCUT2D eigenvalue weighted by Crippen LogP contribution is 2.21. The van der Waals surface area contributed by atoms with Gasteiger partial charge >= 0.3 is 11.9 Å². The van der Waals surface area contributed by atoms with Crippen LogP contribution in [-0.4, -0.2) is 38.1 Å². The summed E-state index contributed by atoms with van der Waals surface area (Å²) in [6.07, 6.45) is 6.35. The van der Waals surface area contributed by atoms with Crippen LogP contribution < -0.4 is 10.6 Å². The molecule has 1 aromatic carbocycles. The van der Waals surface area contributed by atoms with Gasteiger partial charge in [0.1, 0.15) is 5.70 Å². The van der Waals surface area contributed by atoms with Crippen LogP contribution in [0.25, 0.3) is 0 Å². The van der Waals surface area contributed by atoms with E-state index < -0.39 is 11.9 Å². The number of para-hydroxylation sites is 1. The van der Waals surface area contributed by atoms with Crippen molar-refractivity contribution in [1.82, 2.24) is 5.32 Å². The van der Waals surface area contributed by atoms with E-state index in [4.69, 9.17) is 0 Å². The number of amides is 1. The molecule has 1 saturated carbocycles. The molecule has 2 rings (SSSR count). The van der Waals surface area contributed by atoms with Gasteiger partial charge in [0.2, 0.25) is 0 Å². The maximum absolute atomic E-state index is 12.7. The third kappa shape index (κ3) is 5.34. The molecule has 0 unspecified atom stereocenters. The lowest BCUT2D eigenvalue weighted by atomic mass is 9.95. The molecule has 7 heteroatoms. The Bertz CT molecular complexity index is 693. The topological polar surface area (TPSA) is 93.7 Å². The predicted molar refractivity (Wildman–Crippen MR) is 96.5 cm³/mol. The van der Waals surface area contributed by atoms with Gasteiger partial charge < -0.3 is 20.1 Å². The molecule has 1 aliphatic rings. The van der Waals surface area contributed by atoms with Gasteiger partial charge in [0.05, 0.1) is 31.5 Å². The number of ether oxygens (including phenoxy) is 2. The van der Waals surface area contributed by atoms with Crippen LogP contribution in [0.5, 0.6) is 0 Å². The van der Waals surface area contributed by atoms with E-state index in [-0.39, 0.29) is 17.6 Å². The third-order valence-electron chi connectivity index (χ3n) is 4.25. The first-order valence-corrected chi connectivity index (χ1v) is 8.60. The lowest BCUT2D eigenvalue weighted by molar-refractivity contribution is -0.138. The zero-order chi connectivity index (χ0) is 18.9. The Morgan fingerprint density at radius 1 is 1.04 bits per heavy atom. The molecule has 0 atom stereocenters. The molecule has 0 bridgehead atoms. The number of hydrogen-bond donors (Lipinski definition) is 2. The van der Waals surface area contributed by atoms with E-state index in [1.165, 1.54) is 20.6 Å². The lowest BCUT2D eigenvalue weighted by Gasteiger charge is -2.23. The van der Waals surface area contributed by atoms with Gasteiger partial charge in [-0.15, -0.1) is 0 Å². The van der Waals surface area contributed by atoms with Crippen molar-refractivity contribution in [3.63, 3.8) is 0 Å². The molecule has 1 amide bonds. The first-order chi connectivity index (χ1) is 12.5. The van der Waals surface area contributed by atoms with E-state index >= 15 is 0 Å². The highest BCUT2D eigenvalue weighted by atomic mass is 16.5. The van der Waals surface area contributed by atoms with Crippen LogP contribution in [0.4, 0.5) is 5.69 Å². The molecule has 26 heavy (non-hydrogen) atoms. The number of esters is 2. The zero-order valence-corrected chi connectivity index (χ0v) is 15.0. The number of methoxy groups -OCH3 is 2. The van der Waals surface area contributed by atoms with Crippen LogP contribution in [0, 0.1) is 0 Å². The smallest absolute Gasteiger partial charge is 0.354 e. The minimum absolute atomic E-state index is 0.114. The SMILES string of the molecule is COC(=O)/C=C(/Nc1ccccc1C(=O)NC1CCCCC1)C(=O)OC. The number of anilines is 1. The highest BCUT2D eigenvalue weighted by molar-refractivity contribution is 6.03. The predicted octanol–water partition coefficient (Wildman–Crippen LogP) is 2.39. The molecule has 0 heterocycles. The van der Waals surface area contributed by atoms with Crippen molar-refractivity contribution < 1.29 is 23.9 Å². The van der Waals surface area contributed by atoms with Crippen molar-refractivity contribution in [3.8, 4) is 0 Å². The number of rotatable bonds is 6. The Balaban J connectivity index is 2.20. The number of carbonyl (C=O) groups is 3. The minimum Gasteiger partial charge on any atom is -0.466 e. The molecule has 140 valence electrons. The fourth-order valence-corrected chi connectivity index (χ4v) is 2.88. The maximum atomic E-state index is 12.7. The summed E-state index contributed by atoms with van der Waals surface area (Å²) in [5, 5.41) is 5.84. The summed E-state index contributed by atoms with van der Waals surface area (Å²) in [7, 11) is 2.41. The molecule has 7 nitrogen and oxygen atoms in total. The first-order valence-electron chi connectivity index (χ1n) is 8.60. The van der Waals surface area contributed by atoms with Crippen molar-refractivity contribution in [2.75, 3.05) is 19.5 Å². The van der Waals surface area contributed by atoms with Gasteiger partial charge in [0.25, 0.3) is 5.91 Å². The van der Waals surface area contributed by atoms with Crippen molar-refractivity contribution in [3.05, 3.63) is 41.6 Å². The Labute approximate surface area is 152 Å². The monoisotopic (exact) mass is 360 g/mol. The van der Waals surface area contributed by atoms with Crippen LogP contribution in [-0.2, 0) is 19.1 Å². The quantitative estimate of drug-likeness (QED) is 0.598. The molecule has 0 spiro atoms. The van der Waals surface area contributed by atoms with Crippen LogP contribution in [0.15, 0.2) is 36.0 Å². The summed E-state index contributed by atoms with van der Waals surface area (Å²) in [6.45, 7) is 0. The highest BCUT2D eigenvalue weighted by Gasteiger charge is 2.20. The Hall–Kier alpha value is -2.83. The van der Waals surface area contributed by atoms with E-state index in [1.54, 1.807) is 24.3 Å². The van der Waals surface area contributed by atoms with E-state index in [2.05, 4.69) is 20.1 Å². The molecular formula is C19H24N2O5. The summed E-state index contributed by atoms with van der Waals surface area (Å²) < 4.78 is 9.22. The Kier molecular flexibility index (Phi) is 7.20. The normalized spacial score (nSPS) is 15.1. The van der Waals surface area contributed by atoms with Crippen molar-refractivity contribution in [1.29, 1.82) is 0 Å². The van der Waals surface area contributed by atoms with Crippen LogP contribution in [0.3, 0.4) is 0 Å². The number of carbonyl (C=O) groups excluding carboxylic acids is 3. The number of nitrogens with one attached hydrogen (secondary N) is 2. The van der Waals surface area contributed by atoms with Crippen molar-refractivity contribution >= 4 is 23.5 Å². The van der Waals surface area contributed by atoms with Crippen LogP contribution in [0.2, 0.25) is 0 Å². The molecule has 0 radical (unpaired) electrons. The van der Waals surface area contributed by atoms with Crippen LogP contribution >= 0.6 is 0 Å². The van der Waals surface area contributed by atoms with E-state index in [0.29, 0.717) is 11.3 Å². The summed E-state index contributed by atoms with van der Waals surface area (Å²) in [6, 6.07) is 6.95. The molecule has 1 fully saturated rings. The molecular weight excluding hydrogens is 336 g/mol. The second-order valence-corrected chi connectivity index (χ2v) is 6.05. The maximum Gasteiger partial charge on any atom is 0.354 e. The molecule has 1 aliphatic carbocycles. The average Bonchev–Trinajstić information content (AvgIpc) is 2.67. The van der Waals surface area contributed by atoms with Gasteiger partial charge in [-0.3, -0.25) is 4.79 Å². The number of hydrogen-bond acceptors (Lipinski definition) is 6. The molecule has 0 aliphatic heterocycles. The fraction of sp³-hybridized carbons (Fsp3) is 0.421. The Morgan fingerprint density at radius 2 is 1.73 bits per heavy atom. The van der Waals surface area contributed by atoms with Crippen molar-refractivity contribution in [2.45, 2.75) is 38.1 Å². The summed E-state index contributed by atoms with van der Waals surface area (Å²) in [5.41, 5.74) is 0.677. The average molecular weight is 360 g/mol. The first kappa shape index (κ1) is 19.5. The van der Waals surface area contributed by atoms with Gasteiger partial charge in [0, 0.05) is 6.04 Å². The largest absolute Gasteiger partial charge is 0.466 e. The zero-order valence-electron chi connectivity index (χ0n) is 15.0. The second-order valence-electron chi connectivity index (χ2n) is 6.05. The summed E-state index contributed by atoms with van der Waals surface area (Å²) in [5.74, 6) is -1.66. The Morgan fingerprint density at radius 3 is 2.38 bits per heavy atom. The molecule has 2 N–H and O–H groups in total. The van der Waals surface area contributed by atoms with Gasteiger partial charge in [-0.2, -0.15) is 0 Å². The molecule has 1 aromatic rings. The third-order valence-corrected chi connectivity index (χ3v) is 4.25. The molecule has 0 saturated heterocycles. The second kappa shape index (κ2) is 9.60. The molecule has 0 aromatic heterocycles. The fourth-order valence-electron chi connectivity index (χ4n) is 2.88. The number of benzene rings is 1. The standard InChI is InChI=1S/C19H24N2O5/c1-25-17(22)12-16(19(24)26-2)21-15-11-7-6-10-14(15)18(23)20-13-8-4-3-5-9-13/h6-7,10-13,21H,3-5,8-9H2,1-2H3,(H,20,23)/b16-12+. The van der Waals surface area contributed by atoms with E-state index in [0.717, 1.165) is 31.8 Å². The van der Waals surface area contributed by atoms with Gasteiger partial charge in [-0.1, -0.05) is 31.4 Å². The van der Waals surface area contributed by atoms with Crippen molar-refractivity contribution in [2.24, 2.45) is 0 Å². The van der Waals surface area contributed by atoms with E-state index in [9.17, 15) is 14.4 Å². The minimum atomic E-state index is -0.738. The summed E-state index contributed by atoms with van der Waals surface area (Å²) in [4.78, 5) is 36.0. The van der Waals surface area contributed by atoms with Gasteiger partial charge in [-0.25, -0.2) is 9.59 Å². The van der Waals surface area contributed by atoms with E-state index in [1.807, 2.05) is 0 Å². The summed E-state index contributed by atoms with van der Waals surface area (Å²) >= 11 is 0. The lowest BCUT2D eigenvalue weighted by Crippen LogP contribution is -2.36. The van der Waals surface area contributed by atoms with Gasteiger partial charge in [-0.05, 0) is 25.0 Å². The van der Waals surface area contributed by atoms with Crippen LogP contribution in [0.1, 0.15) is 42.5 Å². The van der Waals surface area contributed by atoms with Gasteiger partial charge in [0.15, 0.2) is 0 Å².